The normalized spacial score (nSPS) is 11.3. The Bertz CT molecular complexity index is 763. The lowest BCUT2D eigenvalue weighted by Gasteiger charge is -2.12. The molecule has 0 radical (unpaired) electrons. The van der Waals surface area contributed by atoms with E-state index in [4.69, 9.17) is 40.5 Å². The smallest absolute Gasteiger partial charge is 0.264 e. The minimum absolute atomic E-state index is 0.0834. The van der Waals surface area contributed by atoms with Crippen molar-refractivity contribution in [2.75, 3.05) is 10.5 Å². The molecule has 0 saturated carbocycles. The van der Waals surface area contributed by atoms with E-state index in [2.05, 4.69) is 4.72 Å². The summed E-state index contributed by atoms with van der Waals surface area (Å²) >= 11 is 17.6. The fourth-order valence-corrected chi connectivity index (χ4v) is 3.39. The molecule has 0 heterocycles. The third kappa shape index (κ3) is 3.12. The molecule has 2 aromatic carbocycles. The monoisotopic (exact) mass is 350 g/mol. The molecule has 4 nitrogen and oxygen atoms in total. The Morgan fingerprint density at radius 1 is 1.05 bits per heavy atom. The Labute approximate surface area is 131 Å². The first-order valence-corrected chi connectivity index (χ1v) is 7.95. The molecule has 0 unspecified atom stereocenters. The van der Waals surface area contributed by atoms with E-state index in [1.807, 2.05) is 0 Å². The molecule has 8 heteroatoms. The van der Waals surface area contributed by atoms with Gasteiger partial charge in [0.2, 0.25) is 0 Å². The summed E-state index contributed by atoms with van der Waals surface area (Å²) in [5.41, 5.74) is 5.91. The van der Waals surface area contributed by atoms with Crippen LogP contribution in [-0.2, 0) is 10.0 Å². The van der Waals surface area contributed by atoms with Crippen LogP contribution >= 0.6 is 34.8 Å². The summed E-state index contributed by atoms with van der Waals surface area (Å²) in [6.45, 7) is 0. The van der Waals surface area contributed by atoms with Gasteiger partial charge in [0, 0.05) is 5.02 Å². The molecule has 106 valence electrons. The Morgan fingerprint density at radius 3 is 2.45 bits per heavy atom. The predicted octanol–water partition coefficient (Wildman–Crippen LogP) is 4.03. The van der Waals surface area contributed by atoms with Crippen molar-refractivity contribution in [3.05, 3.63) is 51.5 Å². The van der Waals surface area contributed by atoms with Crippen LogP contribution in [0.3, 0.4) is 0 Å². The third-order valence-electron chi connectivity index (χ3n) is 2.46. The van der Waals surface area contributed by atoms with Gasteiger partial charge in [0.1, 0.15) is 4.90 Å². The minimum atomic E-state index is -3.91. The molecule has 20 heavy (non-hydrogen) atoms. The Morgan fingerprint density at radius 2 is 1.75 bits per heavy atom. The number of halogens is 3. The first kappa shape index (κ1) is 15.3. The number of sulfonamides is 1. The summed E-state index contributed by atoms with van der Waals surface area (Å²) in [6, 6.07) is 8.80. The molecular weight excluding hydrogens is 343 g/mol. The number of anilines is 2. The summed E-state index contributed by atoms with van der Waals surface area (Å²) in [6.07, 6.45) is 0. The highest BCUT2D eigenvalue weighted by Gasteiger charge is 2.19. The molecule has 0 aliphatic rings. The number of nitrogen functional groups attached to an aromatic ring is 1. The average molecular weight is 352 g/mol. The van der Waals surface area contributed by atoms with E-state index in [1.165, 1.54) is 24.3 Å². The molecule has 0 aliphatic heterocycles. The molecule has 0 atom stereocenters. The Kier molecular flexibility index (Phi) is 4.34. The van der Waals surface area contributed by atoms with Crippen LogP contribution < -0.4 is 10.5 Å². The number of hydrogen-bond donors (Lipinski definition) is 2. The fraction of sp³-hybridized carbons (Fsp3) is 0. The highest BCUT2D eigenvalue weighted by Crippen LogP contribution is 2.32. The molecule has 2 rings (SSSR count). The third-order valence-corrected chi connectivity index (χ3v) is 4.94. The molecule has 2 aromatic rings. The summed E-state index contributed by atoms with van der Waals surface area (Å²) in [5, 5.41) is 0.612. The average Bonchev–Trinajstić information content (AvgIpc) is 2.37. The van der Waals surface area contributed by atoms with E-state index >= 15 is 0 Å². The van der Waals surface area contributed by atoms with Gasteiger partial charge in [-0.1, -0.05) is 40.9 Å². The summed E-state index contributed by atoms with van der Waals surface area (Å²) in [4.78, 5) is -0.124. The number of benzene rings is 2. The van der Waals surface area contributed by atoms with Crippen molar-refractivity contribution in [3.8, 4) is 0 Å². The second kappa shape index (κ2) is 5.69. The topological polar surface area (TPSA) is 72.2 Å². The van der Waals surface area contributed by atoms with Crippen molar-refractivity contribution in [2.45, 2.75) is 4.90 Å². The van der Waals surface area contributed by atoms with Crippen molar-refractivity contribution in [1.82, 2.24) is 0 Å². The summed E-state index contributed by atoms with van der Waals surface area (Å²) < 4.78 is 26.9. The van der Waals surface area contributed by atoms with Crippen LogP contribution in [0.1, 0.15) is 0 Å². The van der Waals surface area contributed by atoms with E-state index in [-0.39, 0.29) is 31.3 Å². The Hall–Kier alpha value is -1.14. The summed E-state index contributed by atoms with van der Waals surface area (Å²) in [5.74, 6) is 0. The van der Waals surface area contributed by atoms with Crippen LogP contribution in [0.15, 0.2) is 41.3 Å². The second-order valence-corrected chi connectivity index (χ2v) is 6.76. The van der Waals surface area contributed by atoms with Crippen molar-refractivity contribution >= 4 is 56.2 Å². The highest BCUT2D eigenvalue weighted by molar-refractivity contribution is 7.93. The molecule has 0 aliphatic carbocycles. The first-order chi connectivity index (χ1) is 9.31. The Balaban J connectivity index is 2.46. The van der Waals surface area contributed by atoms with E-state index < -0.39 is 10.0 Å². The molecule has 0 saturated heterocycles. The van der Waals surface area contributed by atoms with Crippen LogP contribution in [0.2, 0.25) is 15.1 Å². The van der Waals surface area contributed by atoms with Crippen molar-refractivity contribution in [2.24, 2.45) is 0 Å². The molecular formula is C12H9Cl3N2O2S. The number of nitrogens with one attached hydrogen (secondary N) is 1. The van der Waals surface area contributed by atoms with E-state index in [0.717, 1.165) is 0 Å². The molecule has 3 N–H and O–H groups in total. The number of nitrogens with two attached hydrogens (primary N) is 1. The summed E-state index contributed by atoms with van der Waals surface area (Å²) in [7, 11) is -3.91. The SMILES string of the molecule is Nc1ccc(Cl)cc1S(=O)(=O)Nc1cccc(Cl)c1Cl. The van der Waals surface area contributed by atoms with Gasteiger partial charge in [0.15, 0.2) is 0 Å². The van der Waals surface area contributed by atoms with Crippen molar-refractivity contribution < 1.29 is 8.42 Å². The van der Waals surface area contributed by atoms with Gasteiger partial charge >= 0.3 is 0 Å². The van der Waals surface area contributed by atoms with Crippen LogP contribution in [0, 0.1) is 0 Å². The number of rotatable bonds is 3. The van der Waals surface area contributed by atoms with E-state index in [9.17, 15) is 8.42 Å². The van der Waals surface area contributed by atoms with Crippen LogP contribution in [-0.4, -0.2) is 8.42 Å². The van der Waals surface area contributed by atoms with Crippen LogP contribution in [0.5, 0.6) is 0 Å². The van der Waals surface area contributed by atoms with Crippen LogP contribution in [0.25, 0.3) is 0 Å². The highest BCUT2D eigenvalue weighted by atomic mass is 35.5. The second-order valence-electron chi connectivity index (χ2n) is 3.89. The van der Waals surface area contributed by atoms with E-state index in [1.54, 1.807) is 12.1 Å². The van der Waals surface area contributed by atoms with Gasteiger partial charge in [-0.15, -0.1) is 0 Å². The van der Waals surface area contributed by atoms with Crippen molar-refractivity contribution in [3.63, 3.8) is 0 Å². The van der Waals surface area contributed by atoms with Crippen LogP contribution in [0.4, 0.5) is 11.4 Å². The van der Waals surface area contributed by atoms with Gasteiger partial charge in [0.25, 0.3) is 10.0 Å². The minimum Gasteiger partial charge on any atom is -0.398 e. The zero-order valence-corrected chi connectivity index (χ0v) is 13.0. The quantitative estimate of drug-likeness (QED) is 0.820. The van der Waals surface area contributed by atoms with Gasteiger partial charge in [-0.3, -0.25) is 4.72 Å². The first-order valence-electron chi connectivity index (χ1n) is 5.33. The van der Waals surface area contributed by atoms with Gasteiger partial charge in [-0.05, 0) is 30.3 Å². The largest absolute Gasteiger partial charge is 0.398 e. The fourth-order valence-electron chi connectivity index (χ4n) is 1.52. The predicted molar refractivity (Wildman–Crippen MR) is 83.1 cm³/mol. The molecule has 0 bridgehead atoms. The zero-order valence-electron chi connectivity index (χ0n) is 9.90. The lowest BCUT2D eigenvalue weighted by molar-refractivity contribution is 0.601. The van der Waals surface area contributed by atoms with Gasteiger partial charge in [-0.25, -0.2) is 8.42 Å². The van der Waals surface area contributed by atoms with Crippen molar-refractivity contribution in [1.29, 1.82) is 0 Å². The standard InChI is InChI=1S/C12H9Cl3N2O2S/c13-7-4-5-9(16)11(6-7)20(18,19)17-10-3-1-2-8(14)12(10)15/h1-6,17H,16H2. The van der Waals surface area contributed by atoms with Gasteiger partial charge in [0.05, 0.1) is 21.4 Å². The maximum absolute atomic E-state index is 12.3. The molecule has 0 fully saturated rings. The number of hydrogen-bond acceptors (Lipinski definition) is 3. The lowest BCUT2D eigenvalue weighted by Crippen LogP contribution is -2.15. The van der Waals surface area contributed by atoms with Gasteiger partial charge < -0.3 is 5.73 Å². The lowest BCUT2D eigenvalue weighted by atomic mass is 10.3. The maximum atomic E-state index is 12.3. The maximum Gasteiger partial charge on any atom is 0.264 e. The molecule has 0 aromatic heterocycles. The van der Waals surface area contributed by atoms with Gasteiger partial charge in [-0.2, -0.15) is 0 Å². The molecule has 0 amide bonds. The molecule has 0 spiro atoms. The zero-order chi connectivity index (χ0) is 14.9. The van der Waals surface area contributed by atoms with E-state index in [0.29, 0.717) is 0 Å².